The molecule has 27 heavy (non-hydrogen) atoms. The molecule has 3 rings (SSSR count). The summed E-state index contributed by atoms with van der Waals surface area (Å²) in [4.78, 5) is 13.1. The Hall–Kier alpha value is -2.15. The van der Waals surface area contributed by atoms with E-state index in [4.69, 9.17) is 28.6 Å². The van der Waals surface area contributed by atoms with Gasteiger partial charge in [0, 0.05) is 10.1 Å². The molecule has 1 heterocycles. The molecule has 1 amide bonds. The Morgan fingerprint density at radius 3 is 2.67 bits per heavy atom. The summed E-state index contributed by atoms with van der Waals surface area (Å²) >= 11 is 13.1. The normalized spacial score (nSPS) is 11.8. The van der Waals surface area contributed by atoms with E-state index in [9.17, 15) is 4.79 Å². The molecule has 0 fully saturated rings. The van der Waals surface area contributed by atoms with Crippen LogP contribution in [0.4, 0.5) is 0 Å². The molecule has 3 aromatic rings. The van der Waals surface area contributed by atoms with E-state index >= 15 is 0 Å². The summed E-state index contributed by atoms with van der Waals surface area (Å²) in [6.45, 7) is 2.06. The predicted octanol–water partition coefficient (Wildman–Crippen LogP) is 5.32. The summed E-state index contributed by atoms with van der Waals surface area (Å²) in [6, 6.07) is 15.5. The highest BCUT2D eigenvalue weighted by atomic mass is 35.5. The predicted molar refractivity (Wildman–Crippen MR) is 116 cm³/mol. The summed E-state index contributed by atoms with van der Waals surface area (Å²) in [5.74, 6) is 0.402. The minimum absolute atomic E-state index is 0.0288. The van der Waals surface area contributed by atoms with Gasteiger partial charge in [-0.1, -0.05) is 48.9 Å². The molecule has 0 bridgehead atoms. The number of carbonyl (C=O) groups is 1. The molecule has 1 aromatic heterocycles. The minimum Gasteiger partial charge on any atom is -0.497 e. The first-order valence-electron chi connectivity index (χ1n) is 8.46. The number of halogens is 1. The maximum atomic E-state index is 12.7. The molecule has 2 aromatic carbocycles. The molecule has 0 saturated heterocycles. The Morgan fingerprint density at radius 1 is 1.26 bits per heavy atom. The van der Waals surface area contributed by atoms with E-state index in [0.29, 0.717) is 9.90 Å². The van der Waals surface area contributed by atoms with E-state index in [2.05, 4.69) is 17.6 Å². The molecule has 7 heteroatoms. The molecule has 0 aliphatic carbocycles. The van der Waals surface area contributed by atoms with E-state index in [1.54, 1.807) is 7.11 Å². The molecule has 0 saturated carbocycles. The Morgan fingerprint density at radius 2 is 2.00 bits per heavy atom. The number of fused-ring (bicyclic) bond motifs is 1. The van der Waals surface area contributed by atoms with Gasteiger partial charge in [-0.05, 0) is 42.4 Å². The average molecular weight is 419 g/mol. The monoisotopic (exact) mass is 418 g/mol. The maximum absolute atomic E-state index is 12.7. The van der Waals surface area contributed by atoms with Crippen LogP contribution in [0.1, 0.15) is 34.6 Å². The summed E-state index contributed by atoms with van der Waals surface area (Å²) in [6.07, 6.45) is 0.837. The van der Waals surface area contributed by atoms with Gasteiger partial charge in [0.2, 0.25) is 0 Å². The van der Waals surface area contributed by atoms with Crippen LogP contribution in [0.3, 0.4) is 0 Å². The van der Waals surface area contributed by atoms with Crippen LogP contribution < -0.4 is 15.4 Å². The zero-order chi connectivity index (χ0) is 19.4. The lowest BCUT2D eigenvalue weighted by molar-refractivity contribution is 0.0980. The van der Waals surface area contributed by atoms with Gasteiger partial charge in [0.1, 0.15) is 10.6 Å². The highest BCUT2D eigenvalue weighted by molar-refractivity contribution is 7.80. The number of carbonyl (C=O) groups excluding carboxylic acids is 1. The number of thiophene rings is 1. The Bertz CT molecular complexity index is 973. The van der Waals surface area contributed by atoms with E-state index in [-0.39, 0.29) is 17.1 Å². The van der Waals surface area contributed by atoms with Gasteiger partial charge in [-0.15, -0.1) is 11.3 Å². The third-order valence-electron chi connectivity index (χ3n) is 4.19. The van der Waals surface area contributed by atoms with Crippen LogP contribution in [-0.2, 0) is 0 Å². The van der Waals surface area contributed by atoms with Gasteiger partial charge < -0.3 is 10.1 Å². The molecule has 0 spiro atoms. The fraction of sp³-hybridized carbons (Fsp3) is 0.200. The largest absolute Gasteiger partial charge is 0.497 e. The first-order chi connectivity index (χ1) is 13.0. The van der Waals surface area contributed by atoms with Crippen LogP contribution in [0.25, 0.3) is 10.1 Å². The molecule has 0 aliphatic heterocycles. The van der Waals surface area contributed by atoms with Crippen molar-refractivity contribution in [3.8, 4) is 5.75 Å². The second-order valence-corrected chi connectivity index (χ2v) is 7.74. The number of ether oxygens (including phenoxy) is 1. The SMILES string of the molecule is CCC(NC(=S)NC(=O)c1sc2cc(OC)ccc2c1Cl)c1ccccc1. The van der Waals surface area contributed by atoms with Gasteiger partial charge in [-0.25, -0.2) is 0 Å². The Balaban J connectivity index is 1.74. The molecular weight excluding hydrogens is 400 g/mol. The number of methoxy groups -OCH3 is 1. The van der Waals surface area contributed by atoms with Crippen LogP contribution in [0.5, 0.6) is 5.75 Å². The van der Waals surface area contributed by atoms with Crippen LogP contribution in [0.2, 0.25) is 5.02 Å². The van der Waals surface area contributed by atoms with Crippen LogP contribution in [-0.4, -0.2) is 18.1 Å². The second kappa shape index (κ2) is 8.69. The topological polar surface area (TPSA) is 50.4 Å². The Kier molecular flexibility index (Phi) is 6.31. The number of hydrogen-bond donors (Lipinski definition) is 2. The van der Waals surface area contributed by atoms with Crippen LogP contribution >= 0.6 is 35.2 Å². The fourth-order valence-corrected chi connectivity index (χ4v) is 4.45. The molecule has 0 aliphatic rings. The fourth-order valence-electron chi connectivity index (χ4n) is 2.78. The number of benzene rings is 2. The van der Waals surface area contributed by atoms with Crippen molar-refractivity contribution in [2.45, 2.75) is 19.4 Å². The van der Waals surface area contributed by atoms with Crippen LogP contribution in [0.15, 0.2) is 48.5 Å². The number of rotatable bonds is 5. The minimum atomic E-state index is -0.319. The summed E-state index contributed by atoms with van der Waals surface area (Å²) < 4.78 is 6.11. The lowest BCUT2D eigenvalue weighted by atomic mass is 10.1. The van der Waals surface area contributed by atoms with Gasteiger partial charge in [0.15, 0.2) is 5.11 Å². The molecule has 1 atom stereocenters. The quantitative estimate of drug-likeness (QED) is 0.550. The Labute approximate surface area is 172 Å². The van der Waals surface area contributed by atoms with Crippen molar-refractivity contribution in [1.82, 2.24) is 10.6 Å². The van der Waals surface area contributed by atoms with E-state index < -0.39 is 0 Å². The van der Waals surface area contributed by atoms with Crippen molar-refractivity contribution >= 4 is 56.3 Å². The van der Waals surface area contributed by atoms with Crippen molar-refractivity contribution in [2.24, 2.45) is 0 Å². The van der Waals surface area contributed by atoms with Gasteiger partial charge in [-0.3, -0.25) is 10.1 Å². The summed E-state index contributed by atoms with van der Waals surface area (Å²) in [5, 5.41) is 7.46. The molecule has 2 N–H and O–H groups in total. The highest BCUT2D eigenvalue weighted by Gasteiger charge is 2.19. The second-order valence-electron chi connectivity index (χ2n) is 5.91. The van der Waals surface area contributed by atoms with Crippen molar-refractivity contribution < 1.29 is 9.53 Å². The highest BCUT2D eigenvalue weighted by Crippen LogP contribution is 2.37. The molecular formula is C20H19ClN2O2S2. The van der Waals surface area contributed by atoms with Gasteiger partial charge in [-0.2, -0.15) is 0 Å². The standard InChI is InChI=1S/C20H19ClN2O2S2/c1-3-15(12-7-5-4-6-8-12)22-20(26)23-19(24)18-17(21)14-10-9-13(25-2)11-16(14)27-18/h4-11,15H,3H2,1-2H3,(H2,22,23,24,26). The molecule has 140 valence electrons. The van der Waals surface area contributed by atoms with Gasteiger partial charge >= 0.3 is 0 Å². The molecule has 1 unspecified atom stereocenters. The summed E-state index contributed by atoms with van der Waals surface area (Å²) in [5.41, 5.74) is 1.11. The van der Waals surface area contributed by atoms with Crippen molar-refractivity contribution in [3.63, 3.8) is 0 Å². The number of hydrogen-bond acceptors (Lipinski definition) is 4. The zero-order valence-corrected chi connectivity index (χ0v) is 17.3. The van der Waals surface area contributed by atoms with Crippen molar-refractivity contribution in [2.75, 3.05) is 7.11 Å². The number of nitrogens with one attached hydrogen (secondary N) is 2. The lowest BCUT2D eigenvalue weighted by Crippen LogP contribution is -2.40. The molecule has 0 radical (unpaired) electrons. The third kappa shape index (κ3) is 4.40. The third-order valence-corrected chi connectivity index (χ3v) is 6.06. The first kappa shape index (κ1) is 19.6. The van der Waals surface area contributed by atoms with Gasteiger partial charge in [0.25, 0.3) is 5.91 Å². The summed E-state index contributed by atoms with van der Waals surface area (Å²) in [7, 11) is 1.60. The van der Waals surface area contributed by atoms with E-state index in [1.807, 2.05) is 48.5 Å². The van der Waals surface area contributed by atoms with Gasteiger partial charge in [0.05, 0.1) is 18.2 Å². The number of thiocarbonyl (C=S) groups is 1. The van der Waals surface area contributed by atoms with Crippen molar-refractivity contribution in [3.05, 3.63) is 64.0 Å². The van der Waals surface area contributed by atoms with Crippen molar-refractivity contribution in [1.29, 1.82) is 0 Å². The smallest absolute Gasteiger partial charge is 0.269 e. The average Bonchev–Trinajstić information content (AvgIpc) is 3.02. The van der Waals surface area contributed by atoms with E-state index in [0.717, 1.165) is 27.8 Å². The van der Waals surface area contributed by atoms with Crippen LogP contribution in [0, 0.1) is 0 Å². The number of amides is 1. The molecule has 4 nitrogen and oxygen atoms in total. The lowest BCUT2D eigenvalue weighted by Gasteiger charge is -2.19. The first-order valence-corrected chi connectivity index (χ1v) is 10.1. The maximum Gasteiger partial charge on any atom is 0.269 e. The van der Waals surface area contributed by atoms with E-state index in [1.165, 1.54) is 11.3 Å². The zero-order valence-electron chi connectivity index (χ0n) is 14.9.